The number of rotatable bonds is 8. The molecule has 3 aromatic rings. The molecule has 1 aliphatic heterocycles. The summed E-state index contributed by atoms with van der Waals surface area (Å²) in [7, 11) is 1.61. The van der Waals surface area contributed by atoms with Crippen molar-refractivity contribution in [1.82, 2.24) is 19.6 Å². The van der Waals surface area contributed by atoms with Crippen LogP contribution < -0.4 is 15.0 Å². The molecule has 1 fully saturated rings. The van der Waals surface area contributed by atoms with Gasteiger partial charge in [-0.05, 0) is 29.8 Å². The predicted molar refractivity (Wildman–Crippen MR) is 123 cm³/mol. The first kappa shape index (κ1) is 21.3. The van der Waals surface area contributed by atoms with Gasteiger partial charge in [0.25, 0.3) is 5.91 Å². The highest BCUT2D eigenvalue weighted by atomic mass is 32.1. The fourth-order valence-electron chi connectivity index (χ4n) is 3.56. The minimum atomic E-state index is -0.0545. The van der Waals surface area contributed by atoms with Crippen LogP contribution in [0.15, 0.2) is 54.6 Å². The molecule has 0 unspecified atom stereocenters. The number of carbonyl (C=O) groups is 1. The van der Waals surface area contributed by atoms with E-state index in [1.54, 1.807) is 31.4 Å². The fraction of sp³-hybridized carbons (Fsp3) is 0.348. The molecule has 0 atom stereocenters. The third kappa shape index (κ3) is 5.80. The van der Waals surface area contributed by atoms with Crippen molar-refractivity contribution in [3.05, 3.63) is 71.5 Å². The number of benzene rings is 2. The predicted octanol–water partition coefficient (Wildman–Crippen LogP) is 2.69. The number of amides is 1. The lowest BCUT2D eigenvalue weighted by Crippen LogP contribution is -2.48. The van der Waals surface area contributed by atoms with Crippen LogP contribution in [-0.4, -0.2) is 66.5 Å². The Morgan fingerprint density at radius 3 is 2.52 bits per heavy atom. The van der Waals surface area contributed by atoms with Crippen molar-refractivity contribution in [3.63, 3.8) is 0 Å². The summed E-state index contributed by atoms with van der Waals surface area (Å²) in [4.78, 5) is 21.7. The van der Waals surface area contributed by atoms with E-state index in [0.29, 0.717) is 12.1 Å². The molecule has 1 aromatic heterocycles. The minimum absolute atomic E-state index is 0.0545. The maximum atomic E-state index is 12.3. The van der Waals surface area contributed by atoms with Gasteiger partial charge in [0.1, 0.15) is 11.6 Å². The van der Waals surface area contributed by atoms with Gasteiger partial charge >= 0.3 is 0 Å². The molecule has 0 radical (unpaired) electrons. The SMILES string of the molecule is COc1ccc(C(=O)NCCN2CCN(c3nc(Cc4ccccc4)ns3)CC2)cc1. The Labute approximate surface area is 186 Å². The van der Waals surface area contributed by atoms with Gasteiger partial charge in [0.05, 0.1) is 7.11 Å². The Bertz CT molecular complexity index is 969. The van der Waals surface area contributed by atoms with Gasteiger partial charge < -0.3 is 15.0 Å². The summed E-state index contributed by atoms with van der Waals surface area (Å²) in [6, 6.07) is 17.5. The molecule has 31 heavy (non-hydrogen) atoms. The van der Waals surface area contributed by atoms with Crippen LogP contribution in [0.25, 0.3) is 0 Å². The van der Waals surface area contributed by atoms with Gasteiger partial charge in [0, 0.05) is 62.8 Å². The molecule has 0 saturated carbocycles. The highest BCUT2D eigenvalue weighted by molar-refractivity contribution is 7.09. The van der Waals surface area contributed by atoms with E-state index in [0.717, 1.165) is 55.9 Å². The number of methoxy groups -OCH3 is 1. The van der Waals surface area contributed by atoms with Crippen molar-refractivity contribution < 1.29 is 9.53 Å². The third-order valence-corrected chi connectivity index (χ3v) is 6.19. The molecule has 8 heteroatoms. The van der Waals surface area contributed by atoms with Crippen LogP contribution in [0.3, 0.4) is 0 Å². The van der Waals surface area contributed by atoms with E-state index in [4.69, 9.17) is 9.72 Å². The van der Waals surface area contributed by atoms with Crippen LogP contribution in [0.4, 0.5) is 5.13 Å². The molecule has 2 aromatic carbocycles. The molecule has 2 heterocycles. The van der Waals surface area contributed by atoms with Gasteiger partial charge in [0.15, 0.2) is 0 Å². The molecule has 0 bridgehead atoms. The van der Waals surface area contributed by atoms with E-state index in [9.17, 15) is 4.79 Å². The third-order valence-electron chi connectivity index (χ3n) is 5.37. The molecule has 1 saturated heterocycles. The maximum Gasteiger partial charge on any atom is 0.251 e. The number of anilines is 1. The van der Waals surface area contributed by atoms with Crippen LogP contribution in [-0.2, 0) is 6.42 Å². The minimum Gasteiger partial charge on any atom is -0.497 e. The number of aromatic nitrogens is 2. The largest absolute Gasteiger partial charge is 0.497 e. The zero-order valence-electron chi connectivity index (χ0n) is 17.7. The number of nitrogens with zero attached hydrogens (tertiary/aromatic N) is 4. The second-order valence-electron chi connectivity index (χ2n) is 7.47. The van der Waals surface area contributed by atoms with Crippen LogP contribution >= 0.6 is 11.5 Å². The van der Waals surface area contributed by atoms with E-state index >= 15 is 0 Å². The first-order valence-electron chi connectivity index (χ1n) is 10.5. The number of nitrogens with one attached hydrogen (secondary N) is 1. The number of piperazine rings is 1. The molecular weight excluding hydrogens is 410 g/mol. The van der Waals surface area contributed by atoms with Crippen molar-refractivity contribution in [1.29, 1.82) is 0 Å². The van der Waals surface area contributed by atoms with Crippen LogP contribution in [0.5, 0.6) is 5.75 Å². The fourth-order valence-corrected chi connectivity index (χ4v) is 4.29. The average molecular weight is 438 g/mol. The van der Waals surface area contributed by atoms with Crippen LogP contribution in [0.2, 0.25) is 0 Å². The normalized spacial score (nSPS) is 14.4. The monoisotopic (exact) mass is 437 g/mol. The molecule has 0 aliphatic carbocycles. The van der Waals surface area contributed by atoms with Gasteiger partial charge in [0.2, 0.25) is 5.13 Å². The molecule has 162 valence electrons. The lowest BCUT2D eigenvalue weighted by atomic mass is 10.1. The quantitative estimate of drug-likeness (QED) is 0.584. The van der Waals surface area contributed by atoms with E-state index in [1.165, 1.54) is 17.1 Å². The summed E-state index contributed by atoms with van der Waals surface area (Å²) in [5, 5.41) is 4.00. The highest BCUT2D eigenvalue weighted by Crippen LogP contribution is 2.20. The zero-order valence-corrected chi connectivity index (χ0v) is 18.5. The summed E-state index contributed by atoms with van der Waals surface area (Å²) in [5.74, 6) is 1.58. The maximum absolute atomic E-state index is 12.3. The van der Waals surface area contributed by atoms with Gasteiger partial charge in [-0.15, -0.1) is 0 Å². The number of carbonyl (C=O) groups excluding carboxylic acids is 1. The average Bonchev–Trinajstić information content (AvgIpc) is 3.28. The summed E-state index contributed by atoms with van der Waals surface area (Å²) in [6.07, 6.45) is 0.769. The van der Waals surface area contributed by atoms with E-state index < -0.39 is 0 Å². The second-order valence-corrected chi connectivity index (χ2v) is 8.20. The van der Waals surface area contributed by atoms with Gasteiger partial charge in [-0.1, -0.05) is 30.3 Å². The van der Waals surface area contributed by atoms with Gasteiger partial charge in [-0.2, -0.15) is 4.37 Å². The lowest BCUT2D eigenvalue weighted by molar-refractivity contribution is 0.0947. The standard InChI is InChI=1S/C23H27N5O2S/c1-30-20-9-7-19(8-10-20)22(29)24-11-12-27-13-15-28(16-14-27)23-25-21(26-31-23)17-18-5-3-2-4-6-18/h2-10H,11-17H2,1H3,(H,24,29). The van der Waals surface area contributed by atoms with Crippen molar-refractivity contribution in [2.75, 3.05) is 51.3 Å². The lowest BCUT2D eigenvalue weighted by Gasteiger charge is -2.34. The summed E-state index contributed by atoms with van der Waals surface area (Å²) in [6.45, 7) is 5.22. The second kappa shape index (κ2) is 10.4. The van der Waals surface area contributed by atoms with Crippen molar-refractivity contribution in [3.8, 4) is 5.75 Å². The van der Waals surface area contributed by atoms with E-state index in [1.807, 2.05) is 18.2 Å². The van der Waals surface area contributed by atoms with Gasteiger partial charge in [-0.3, -0.25) is 9.69 Å². The Morgan fingerprint density at radius 2 is 1.81 bits per heavy atom. The summed E-state index contributed by atoms with van der Waals surface area (Å²) < 4.78 is 9.66. The number of hydrogen-bond acceptors (Lipinski definition) is 7. The molecule has 7 nitrogen and oxygen atoms in total. The molecule has 1 N–H and O–H groups in total. The first-order valence-corrected chi connectivity index (χ1v) is 11.2. The Balaban J connectivity index is 1.19. The van der Waals surface area contributed by atoms with Crippen molar-refractivity contribution >= 4 is 22.6 Å². The molecule has 0 spiro atoms. The summed E-state index contributed by atoms with van der Waals surface area (Å²) in [5.41, 5.74) is 1.88. The van der Waals surface area contributed by atoms with Crippen molar-refractivity contribution in [2.45, 2.75) is 6.42 Å². The Kier molecular flexibility index (Phi) is 7.11. The molecule has 1 aliphatic rings. The smallest absolute Gasteiger partial charge is 0.251 e. The highest BCUT2D eigenvalue weighted by Gasteiger charge is 2.20. The van der Waals surface area contributed by atoms with Crippen LogP contribution in [0, 0.1) is 0 Å². The number of hydrogen-bond donors (Lipinski definition) is 1. The molecule has 4 rings (SSSR count). The van der Waals surface area contributed by atoms with Crippen molar-refractivity contribution in [2.24, 2.45) is 0 Å². The van der Waals surface area contributed by atoms with Gasteiger partial charge in [-0.25, -0.2) is 4.98 Å². The topological polar surface area (TPSA) is 70.6 Å². The zero-order chi connectivity index (χ0) is 21.5. The molecular formula is C23H27N5O2S. The first-order chi connectivity index (χ1) is 15.2. The summed E-state index contributed by atoms with van der Waals surface area (Å²) >= 11 is 1.48. The van der Waals surface area contributed by atoms with E-state index in [2.05, 4.69) is 31.6 Å². The molecule has 1 amide bonds. The Hall–Kier alpha value is -2.97. The Morgan fingerprint density at radius 1 is 1.06 bits per heavy atom. The van der Waals surface area contributed by atoms with Crippen LogP contribution in [0.1, 0.15) is 21.7 Å². The number of ether oxygens (including phenoxy) is 1. The van der Waals surface area contributed by atoms with E-state index in [-0.39, 0.29) is 5.91 Å².